The average Bonchev–Trinajstić information content (AvgIpc) is 3.25. The quantitative estimate of drug-likeness (QED) is 0.474. The van der Waals surface area contributed by atoms with Gasteiger partial charge in [0.1, 0.15) is 12.3 Å². The second-order valence-corrected chi connectivity index (χ2v) is 6.90. The van der Waals surface area contributed by atoms with Gasteiger partial charge in [0.15, 0.2) is 5.11 Å². The van der Waals surface area contributed by atoms with E-state index >= 15 is 0 Å². The zero-order valence-electron chi connectivity index (χ0n) is 13.8. The highest BCUT2D eigenvalue weighted by molar-refractivity contribution is 7.80. The molecule has 1 atom stereocenters. The molecule has 25 heavy (non-hydrogen) atoms. The van der Waals surface area contributed by atoms with E-state index in [0.29, 0.717) is 6.54 Å². The summed E-state index contributed by atoms with van der Waals surface area (Å²) in [6, 6.07) is 12.0. The summed E-state index contributed by atoms with van der Waals surface area (Å²) in [5.74, 6) is 0.773. The summed E-state index contributed by atoms with van der Waals surface area (Å²) in [6.07, 6.45) is 5.78. The smallest absolute Gasteiger partial charge is 0.187 e. The normalized spacial score (nSPS) is 18.0. The maximum absolute atomic E-state index is 5.96. The van der Waals surface area contributed by atoms with Gasteiger partial charge in [-0.25, -0.2) is 5.01 Å². The van der Waals surface area contributed by atoms with Crippen molar-refractivity contribution >= 4 is 35.1 Å². The van der Waals surface area contributed by atoms with Gasteiger partial charge in [-0.3, -0.25) is 4.90 Å². The van der Waals surface area contributed by atoms with E-state index in [1.807, 2.05) is 30.5 Å². The molecule has 0 spiro atoms. The topological polar surface area (TPSA) is 58.0 Å². The molecule has 1 aliphatic rings. The lowest BCUT2D eigenvalue weighted by Gasteiger charge is -2.22. The minimum atomic E-state index is 0.231. The van der Waals surface area contributed by atoms with E-state index in [9.17, 15) is 0 Å². The van der Waals surface area contributed by atoms with E-state index in [1.54, 1.807) is 11.3 Å². The van der Waals surface area contributed by atoms with Crippen LogP contribution in [0.15, 0.2) is 52.2 Å². The number of hydrogen-bond donors (Lipinski definition) is 1. The molecule has 1 aromatic heterocycles. The number of likely N-dealkylation sites (tertiary alicyclic amines) is 1. The summed E-state index contributed by atoms with van der Waals surface area (Å²) in [4.78, 5) is 2.40. The van der Waals surface area contributed by atoms with Crippen molar-refractivity contribution in [1.29, 1.82) is 0 Å². The van der Waals surface area contributed by atoms with Crippen LogP contribution >= 0.6 is 23.8 Å². The Morgan fingerprint density at radius 2 is 2.20 bits per heavy atom. The van der Waals surface area contributed by atoms with E-state index in [2.05, 4.69) is 22.1 Å². The molecule has 2 aromatic rings. The van der Waals surface area contributed by atoms with Gasteiger partial charge in [0.05, 0.1) is 6.26 Å². The zero-order valence-corrected chi connectivity index (χ0v) is 15.4. The van der Waals surface area contributed by atoms with Crippen molar-refractivity contribution in [2.45, 2.75) is 32.0 Å². The van der Waals surface area contributed by atoms with Crippen LogP contribution in [-0.4, -0.2) is 33.8 Å². The standard InChI is InChI=1S/C18H21ClN4OS/c19-15-7-5-14(6-8-15)12-22-9-1-3-16(22)11-21-23(18(20)25)13-17-4-2-10-24-17/h2,4-8,10-11,16H,1,3,9,12-13H2,(H2,20,25)/t16-/m0/s1. The Labute approximate surface area is 158 Å². The predicted octanol–water partition coefficient (Wildman–Crippen LogP) is 3.63. The molecule has 1 aliphatic heterocycles. The minimum Gasteiger partial charge on any atom is -0.467 e. The van der Waals surface area contributed by atoms with Crippen LogP contribution in [0.3, 0.4) is 0 Å². The van der Waals surface area contributed by atoms with E-state index in [-0.39, 0.29) is 11.2 Å². The Morgan fingerprint density at radius 3 is 2.88 bits per heavy atom. The lowest BCUT2D eigenvalue weighted by Crippen LogP contribution is -2.34. The number of furan rings is 1. The second-order valence-electron chi connectivity index (χ2n) is 6.05. The van der Waals surface area contributed by atoms with Gasteiger partial charge in [-0.05, 0) is 61.4 Å². The number of thiocarbonyl (C=S) groups is 1. The Kier molecular flexibility index (Phi) is 6.07. The number of hydrogen-bond acceptors (Lipinski definition) is 4. The number of hydrazone groups is 1. The molecule has 0 aliphatic carbocycles. The minimum absolute atomic E-state index is 0.231. The molecule has 0 radical (unpaired) electrons. The molecule has 1 fully saturated rings. The van der Waals surface area contributed by atoms with Crippen molar-refractivity contribution in [2.24, 2.45) is 10.8 Å². The molecule has 0 amide bonds. The molecular weight excluding hydrogens is 356 g/mol. The van der Waals surface area contributed by atoms with Crippen LogP contribution in [0.5, 0.6) is 0 Å². The second kappa shape index (κ2) is 8.47. The van der Waals surface area contributed by atoms with Crippen molar-refractivity contribution in [1.82, 2.24) is 9.91 Å². The fraction of sp³-hybridized carbons (Fsp3) is 0.333. The van der Waals surface area contributed by atoms with E-state index in [4.69, 9.17) is 34.0 Å². The van der Waals surface area contributed by atoms with Gasteiger partial charge >= 0.3 is 0 Å². The van der Waals surface area contributed by atoms with Crippen LogP contribution in [0.1, 0.15) is 24.2 Å². The summed E-state index contributed by atoms with van der Waals surface area (Å²) in [5, 5.41) is 7.08. The third-order valence-electron chi connectivity index (χ3n) is 4.23. The van der Waals surface area contributed by atoms with Gasteiger partial charge in [-0.15, -0.1) is 0 Å². The van der Waals surface area contributed by atoms with Crippen LogP contribution in [0.2, 0.25) is 5.02 Å². The van der Waals surface area contributed by atoms with Crippen molar-refractivity contribution in [3.8, 4) is 0 Å². The summed E-state index contributed by atoms with van der Waals surface area (Å²) in [5.41, 5.74) is 7.03. The first-order valence-corrected chi connectivity index (χ1v) is 9.02. The highest BCUT2D eigenvalue weighted by atomic mass is 35.5. The monoisotopic (exact) mass is 376 g/mol. The summed E-state index contributed by atoms with van der Waals surface area (Å²) >= 11 is 11.1. The Hall–Kier alpha value is -1.89. The molecule has 1 aromatic carbocycles. The van der Waals surface area contributed by atoms with Crippen LogP contribution in [0, 0.1) is 0 Å². The molecule has 0 saturated carbocycles. The molecule has 3 rings (SSSR count). The summed E-state index contributed by atoms with van der Waals surface area (Å²) in [6.45, 7) is 2.35. The molecule has 2 N–H and O–H groups in total. The molecule has 132 valence electrons. The van der Waals surface area contributed by atoms with Crippen LogP contribution in [0.4, 0.5) is 0 Å². The van der Waals surface area contributed by atoms with Crippen molar-refractivity contribution in [3.63, 3.8) is 0 Å². The van der Waals surface area contributed by atoms with E-state index in [1.165, 1.54) is 5.56 Å². The Morgan fingerprint density at radius 1 is 1.40 bits per heavy atom. The number of halogens is 1. The third-order valence-corrected chi connectivity index (χ3v) is 4.69. The van der Waals surface area contributed by atoms with Gasteiger partial charge < -0.3 is 10.2 Å². The van der Waals surface area contributed by atoms with Crippen LogP contribution in [0.25, 0.3) is 0 Å². The zero-order chi connectivity index (χ0) is 17.6. The largest absolute Gasteiger partial charge is 0.467 e. The Balaban J connectivity index is 1.63. The summed E-state index contributed by atoms with van der Waals surface area (Å²) < 4.78 is 5.34. The van der Waals surface area contributed by atoms with E-state index in [0.717, 1.165) is 36.7 Å². The number of nitrogens with two attached hydrogens (primary N) is 1. The van der Waals surface area contributed by atoms with Gasteiger partial charge in [0, 0.05) is 23.8 Å². The first-order chi connectivity index (χ1) is 12.1. The average molecular weight is 377 g/mol. The van der Waals surface area contributed by atoms with Gasteiger partial charge in [-0.2, -0.15) is 5.10 Å². The van der Waals surface area contributed by atoms with Crippen LogP contribution < -0.4 is 5.73 Å². The molecule has 7 heteroatoms. The van der Waals surface area contributed by atoms with Crippen LogP contribution in [-0.2, 0) is 13.1 Å². The lowest BCUT2D eigenvalue weighted by molar-refractivity contribution is 0.294. The SMILES string of the molecule is NC(=S)N(Cc1ccco1)N=C[C@@H]1CCCN1Cc1ccc(Cl)cc1. The summed E-state index contributed by atoms with van der Waals surface area (Å²) in [7, 11) is 0. The first kappa shape index (κ1) is 17.9. The molecule has 5 nitrogen and oxygen atoms in total. The maximum atomic E-state index is 5.96. The maximum Gasteiger partial charge on any atom is 0.187 e. The lowest BCUT2D eigenvalue weighted by atomic mass is 10.2. The molecule has 1 saturated heterocycles. The predicted molar refractivity (Wildman–Crippen MR) is 104 cm³/mol. The van der Waals surface area contributed by atoms with Crippen molar-refractivity contribution in [2.75, 3.05) is 6.54 Å². The molecule has 0 unspecified atom stereocenters. The number of rotatable bonds is 6. The molecular formula is C18H21ClN4OS. The highest BCUT2D eigenvalue weighted by Gasteiger charge is 2.23. The van der Waals surface area contributed by atoms with Gasteiger partial charge in [0.2, 0.25) is 0 Å². The van der Waals surface area contributed by atoms with Gasteiger partial charge in [0.25, 0.3) is 0 Å². The fourth-order valence-corrected chi connectivity index (χ4v) is 3.16. The van der Waals surface area contributed by atoms with Gasteiger partial charge in [-0.1, -0.05) is 23.7 Å². The highest BCUT2D eigenvalue weighted by Crippen LogP contribution is 2.20. The molecule has 2 heterocycles. The molecule has 0 bridgehead atoms. The number of benzene rings is 1. The Bertz CT molecular complexity index is 717. The van der Waals surface area contributed by atoms with Crippen molar-refractivity contribution in [3.05, 3.63) is 59.0 Å². The first-order valence-electron chi connectivity index (χ1n) is 8.24. The van der Waals surface area contributed by atoms with E-state index < -0.39 is 0 Å². The number of nitrogens with zero attached hydrogens (tertiary/aromatic N) is 3. The van der Waals surface area contributed by atoms with Crippen molar-refractivity contribution < 1.29 is 4.42 Å². The third kappa shape index (κ3) is 5.04. The fourth-order valence-electron chi connectivity index (χ4n) is 2.92.